The van der Waals surface area contributed by atoms with E-state index < -0.39 is 0 Å². The Bertz CT molecular complexity index is 2340. The van der Waals surface area contributed by atoms with Crippen LogP contribution in [0.2, 0.25) is 0 Å². The smallest absolute Gasteiger partial charge is 0.138 e. The summed E-state index contributed by atoms with van der Waals surface area (Å²) < 4.78 is 12.2. The molecule has 41 heavy (non-hydrogen) atoms. The van der Waals surface area contributed by atoms with E-state index in [1.807, 2.05) is 36.7 Å². The molecule has 0 aliphatic carbocycles. The number of furan rings is 2. The van der Waals surface area contributed by atoms with Gasteiger partial charge in [0.25, 0.3) is 0 Å². The predicted octanol–water partition coefficient (Wildman–Crippen LogP) is 10.1. The van der Waals surface area contributed by atoms with E-state index in [1.54, 1.807) is 12.4 Å². The van der Waals surface area contributed by atoms with Crippen molar-refractivity contribution in [3.8, 4) is 0 Å². The fourth-order valence-electron chi connectivity index (χ4n) is 6.07. The first-order valence-corrected chi connectivity index (χ1v) is 13.5. The monoisotopic (exact) mass is 527 g/mol. The van der Waals surface area contributed by atoms with Crippen LogP contribution in [0.3, 0.4) is 0 Å². The molecule has 4 aromatic heterocycles. The highest BCUT2D eigenvalue weighted by Gasteiger charge is 2.18. The highest BCUT2D eigenvalue weighted by molar-refractivity contribution is 6.11. The summed E-state index contributed by atoms with van der Waals surface area (Å²) in [5.74, 6) is 0. The van der Waals surface area contributed by atoms with Crippen LogP contribution in [0.25, 0.3) is 65.4 Å². The highest BCUT2D eigenvalue weighted by atomic mass is 16.3. The molecule has 0 saturated carbocycles. The lowest BCUT2D eigenvalue weighted by atomic mass is 10.0. The molecule has 0 N–H and O–H groups in total. The van der Waals surface area contributed by atoms with Crippen molar-refractivity contribution in [1.82, 2.24) is 9.97 Å². The SMILES string of the molecule is c1ccc2c(c1)ccc1ccc(N(c3ccc4oc5ccncc5c4c3)c3ccc4oc5ccncc5c4c3)cc12. The minimum absolute atomic E-state index is 0.828. The zero-order valence-corrected chi connectivity index (χ0v) is 21.8. The molecule has 0 spiro atoms. The molecule has 4 heterocycles. The first-order valence-electron chi connectivity index (χ1n) is 13.5. The van der Waals surface area contributed by atoms with E-state index in [2.05, 4.69) is 93.7 Å². The number of aromatic nitrogens is 2. The van der Waals surface area contributed by atoms with Crippen LogP contribution in [0, 0.1) is 0 Å². The summed E-state index contributed by atoms with van der Waals surface area (Å²) in [7, 11) is 0. The first kappa shape index (κ1) is 22.2. The number of rotatable bonds is 3. The van der Waals surface area contributed by atoms with Gasteiger partial charge in [0.2, 0.25) is 0 Å². The van der Waals surface area contributed by atoms with E-state index in [0.717, 1.165) is 60.9 Å². The summed E-state index contributed by atoms with van der Waals surface area (Å²) in [5, 5.41) is 8.92. The van der Waals surface area contributed by atoms with E-state index in [9.17, 15) is 0 Å². The molecule has 0 aliphatic rings. The number of hydrogen-bond donors (Lipinski definition) is 0. The Hall–Kier alpha value is -5.68. The van der Waals surface area contributed by atoms with E-state index >= 15 is 0 Å². The summed E-state index contributed by atoms with van der Waals surface area (Å²) >= 11 is 0. The maximum absolute atomic E-state index is 6.12. The number of benzene rings is 5. The Morgan fingerprint density at radius 1 is 0.415 bits per heavy atom. The van der Waals surface area contributed by atoms with Gasteiger partial charge in [-0.15, -0.1) is 0 Å². The fourth-order valence-corrected chi connectivity index (χ4v) is 6.07. The van der Waals surface area contributed by atoms with Crippen molar-refractivity contribution in [2.75, 3.05) is 4.90 Å². The Morgan fingerprint density at radius 3 is 1.54 bits per heavy atom. The summed E-state index contributed by atoms with van der Waals surface area (Å²) in [6, 6.07) is 36.1. The maximum atomic E-state index is 6.12. The summed E-state index contributed by atoms with van der Waals surface area (Å²) in [6.07, 6.45) is 7.26. The summed E-state index contributed by atoms with van der Waals surface area (Å²) in [6.45, 7) is 0. The number of hydrogen-bond acceptors (Lipinski definition) is 5. The lowest BCUT2D eigenvalue weighted by molar-refractivity contribution is 0.668. The second-order valence-electron chi connectivity index (χ2n) is 10.3. The molecule has 0 atom stereocenters. The van der Waals surface area contributed by atoms with Crippen molar-refractivity contribution in [3.63, 3.8) is 0 Å². The van der Waals surface area contributed by atoms with Gasteiger partial charge in [0.05, 0.1) is 0 Å². The van der Waals surface area contributed by atoms with Crippen LogP contribution in [-0.4, -0.2) is 9.97 Å². The van der Waals surface area contributed by atoms with Gasteiger partial charge in [0.15, 0.2) is 0 Å². The lowest BCUT2D eigenvalue weighted by Crippen LogP contribution is -2.09. The van der Waals surface area contributed by atoms with Gasteiger partial charge in [-0.3, -0.25) is 9.97 Å². The Kier molecular flexibility index (Phi) is 4.55. The molecule has 0 unspecified atom stereocenters. The van der Waals surface area contributed by atoms with Crippen molar-refractivity contribution >= 4 is 82.5 Å². The molecule has 0 amide bonds. The normalized spacial score (nSPS) is 11.9. The largest absolute Gasteiger partial charge is 0.456 e. The first-order chi connectivity index (χ1) is 20.3. The molecule has 5 nitrogen and oxygen atoms in total. The van der Waals surface area contributed by atoms with Crippen LogP contribution in [-0.2, 0) is 0 Å². The van der Waals surface area contributed by atoms with Gasteiger partial charge >= 0.3 is 0 Å². The molecule has 5 heteroatoms. The van der Waals surface area contributed by atoms with Gasteiger partial charge < -0.3 is 13.7 Å². The van der Waals surface area contributed by atoms with Crippen molar-refractivity contribution in [2.45, 2.75) is 0 Å². The molecule has 5 aromatic carbocycles. The molecule has 0 aliphatic heterocycles. The van der Waals surface area contributed by atoms with Crippen LogP contribution in [0.5, 0.6) is 0 Å². The lowest BCUT2D eigenvalue weighted by Gasteiger charge is -2.26. The number of fused-ring (bicyclic) bond motifs is 9. The minimum atomic E-state index is 0.828. The molecular formula is C36H21N3O2. The predicted molar refractivity (Wildman–Crippen MR) is 166 cm³/mol. The second kappa shape index (κ2) is 8.41. The third-order valence-electron chi connectivity index (χ3n) is 8.01. The van der Waals surface area contributed by atoms with E-state index in [-0.39, 0.29) is 0 Å². The summed E-state index contributed by atoms with van der Waals surface area (Å²) in [4.78, 5) is 11.0. The van der Waals surface area contributed by atoms with Crippen molar-refractivity contribution in [1.29, 1.82) is 0 Å². The average molecular weight is 528 g/mol. The Balaban J connectivity index is 1.33. The van der Waals surface area contributed by atoms with E-state index in [0.29, 0.717) is 0 Å². The van der Waals surface area contributed by atoms with Gasteiger partial charge in [-0.05, 0) is 82.2 Å². The van der Waals surface area contributed by atoms with Crippen molar-refractivity contribution in [3.05, 3.63) is 128 Å². The van der Waals surface area contributed by atoms with Crippen LogP contribution in [0.4, 0.5) is 17.1 Å². The molecule has 9 rings (SSSR count). The molecule has 0 bridgehead atoms. The van der Waals surface area contributed by atoms with E-state index in [1.165, 1.54) is 21.5 Å². The molecule has 0 fully saturated rings. The zero-order chi connectivity index (χ0) is 26.9. The minimum Gasteiger partial charge on any atom is -0.456 e. The highest BCUT2D eigenvalue weighted by Crippen LogP contribution is 2.42. The maximum Gasteiger partial charge on any atom is 0.138 e. The third kappa shape index (κ3) is 3.36. The van der Waals surface area contributed by atoms with Crippen LogP contribution < -0.4 is 4.90 Å². The van der Waals surface area contributed by atoms with Crippen LogP contribution in [0.1, 0.15) is 0 Å². The molecule has 0 saturated heterocycles. The number of pyridine rings is 2. The van der Waals surface area contributed by atoms with E-state index in [4.69, 9.17) is 8.83 Å². The van der Waals surface area contributed by atoms with Crippen molar-refractivity contribution in [2.24, 2.45) is 0 Å². The Labute approximate surface area is 233 Å². The molecule has 0 radical (unpaired) electrons. The molecular weight excluding hydrogens is 506 g/mol. The Morgan fingerprint density at radius 2 is 0.902 bits per heavy atom. The average Bonchev–Trinajstić information content (AvgIpc) is 3.59. The van der Waals surface area contributed by atoms with Gasteiger partial charge in [-0.25, -0.2) is 0 Å². The van der Waals surface area contributed by atoms with Crippen LogP contribution >= 0.6 is 0 Å². The second-order valence-corrected chi connectivity index (χ2v) is 10.3. The summed E-state index contributed by atoms with van der Waals surface area (Å²) in [5.41, 5.74) is 6.43. The number of anilines is 3. The zero-order valence-electron chi connectivity index (χ0n) is 21.8. The molecule has 9 aromatic rings. The van der Waals surface area contributed by atoms with Gasteiger partial charge in [-0.2, -0.15) is 0 Å². The standard InChI is InChI=1S/C36H21N3O2/c1-2-4-27-22(3-1)5-6-23-7-8-24(17-28(23)27)39(25-9-11-33-29(18-25)31-20-37-15-13-35(31)40-33)26-10-12-34-30(19-26)32-21-38-16-14-36(32)41-34/h1-21H. The van der Waals surface area contributed by atoms with Crippen LogP contribution in [0.15, 0.2) is 137 Å². The quantitative estimate of drug-likeness (QED) is 0.214. The van der Waals surface area contributed by atoms with Gasteiger partial charge in [-0.1, -0.05) is 42.5 Å². The number of nitrogens with zero attached hydrogens (tertiary/aromatic N) is 3. The third-order valence-corrected chi connectivity index (χ3v) is 8.01. The topological polar surface area (TPSA) is 55.3 Å². The van der Waals surface area contributed by atoms with Gasteiger partial charge in [0, 0.05) is 63.4 Å². The fraction of sp³-hybridized carbons (Fsp3) is 0. The van der Waals surface area contributed by atoms with Gasteiger partial charge in [0.1, 0.15) is 22.3 Å². The van der Waals surface area contributed by atoms with Crippen molar-refractivity contribution < 1.29 is 8.83 Å². The molecule has 192 valence electrons.